The average Bonchev–Trinajstić information content (AvgIpc) is 3.17. The van der Waals surface area contributed by atoms with E-state index in [2.05, 4.69) is 41.0 Å². The van der Waals surface area contributed by atoms with Crippen molar-refractivity contribution < 1.29 is 14.3 Å². The lowest BCUT2D eigenvalue weighted by Gasteiger charge is -2.37. The summed E-state index contributed by atoms with van der Waals surface area (Å²) in [6.45, 7) is 6.30. The minimum absolute atomic E-state index is 0.213. The lowest BCUT2D eigenvalue weighted by atomic mass is 10.1. The molecular formula is C29H29N3O3S. The first-order chi connectivity index (χ1) is 17.6. The van der Waals surface area contributed by atoms with Crippen LogP contribution in [0, 0.1) is 6.92 Å². The third-order valence-electron chi connectivity index (χ3n) is 6.47. The molecule has 0 aromatic heterocycles. The lowest BCUT2D eigenvalue weighted by molar-refractivity contribution is -0.124. The third kappa shape index (κ3) is 5.64. The molecule has 2 saturated heterocycles. The quantitative estimate of drug-likeness (QED) is 0.406. The van der Waals surface area contributed by atoms with Crippen molar-refractivity contribution in [2.75, 3.05) is 37.7 Å². The number of hydrogen-bond donors (Lipinski definition) is 0. The summed E-state index contributed by atoms with van der Waals surface area (Å²) in [5, 5.41) is -0.213. The van der Waals surface area contributed by atoms with Crippen LogP contribution < -0.4 is 9.64 Å². The Bertz CT molecular complexity index is 1250. The fourth-order valence-electron chi connectivity index (χ4n) is 4.42. The van der Waals surface area contributed by atoms with Crippen LogP contribution in [0.2, 0.25) is 0 Å². The Morgan fingerprint density at radius 1 is 0.861 bits per heavy atom. The van der Waals surface area contributed by atoms with Crippen molar-refractivity contribution in [1.82, 2.24) is 9.80 Å². The van der Waals surface area contributed by atoms with Crippen molar-refractivity contribution in [2.45, 2.75) is 13.5 Å². The molecule has 0 unspecified atom stereocenters. The zero-order valence-corrected chi connectivity index (χ0v) is 21.1. The van der Waals surface area contributed by atoms with Gasteiger partial charge in [0.1, 0.15) is 12.4 Å². The average molecular weight is 500 g/mol. The number of para-hydroxylation sites is 1. The van der Waals surface area contributed by atoms with Crippen LogP contribution in [0.1, 0.15) is 16.7 Å². The molecule has 2 amide bonds. The first-order valence-electron chi connectivity index (χ1n) is 12.1. The predicted octanol–water partition coefficient (Wildman–Crippen LogP) is 5.39. The van der Waals surface area contributed by atoms with Crippen LogP contribution in [0.4, 0.5) is 10.5 Å². The van der Waals surface area contributed by atoms with Gasteiger partial charge in [0.2, 0.25) is 0 Å². The van der Waals surface area contributed by atoms with Crippen LogP contribution >= 0.6 is 11.8 Å². The monoisotopic (exact) mass is 499 g/mol. The van der Waals surface area contributed by atoms with E-state index in [1.165, 1.54) is 16.2 Å². The number of benzene rings is 3. The summed E-state index contributed by atoms with van der Waals surface area (Å²) in [5.74, 6) is 0.532. The number of nitrogens with zero attached hydrogens (tertiary/aromatic N) is 3. The highest BCUT2D eigenvalue weighted by atomic mass is 32.2. The zero-order valence-electron chi connectivity index (χ0n) is 20.3. The van der Waals surface area contributed by atoms with Gasteiger partial charge in [-0.1, -0.05) is 60.7 Å². The maximum atomic E-state index is 13.0. The molecule has 5 rings (SSSR count). The number of carbonyl (C=O) groups excluding carboxylic acids is 2. The highest BCUT2D eigenvalue weighted by molar-refractivity contribution is 8.18. The molecule has 184 valence electrons. The van der Waals surface area contributed by atoms with Crippen LogP contribution in [0.25, 0.3) is 6.08 Å². The second-order valence-electron chi connectivity index (χ2n) is 8.99. The smallest absolute Gasteiger partial charge is 0.294 e. The molecule has 3 aromatic carbocycles. The van der Waals surface area contributed by atoms with Gasteiger partial charge in [-0.2, -0.15) is 0 Å². The zero-order chi connectivity index (χ0) is 24.9. The summed E-state index contributed by atoms with van der Waals surface area (Å²) in [6.07, 6.45) is 1.78. The highest BCUT2D eigenvalue weighted by Gasteiger charge is 2.36. The molecule has 0 N–H and O–H groups in total. The Morgan fingerprint density at radius 2 is 1.56 bits per heavy atom. The van der Waals surface area contributed by atoms with E-state index in [0.717, 1.165) is 54.8 Å². The van der Waals surface area contributed by atoms with Crippen LogP contribution in [0.5, 0.6) is 5.75 Å². The van der Waals surface area contributed by atoms with Crippen molar-refractivity contribution >= 4 is 34.7 Å². The molecule has 0 atom stereocenters. The van der Waals surface area contributed by atoms with Gasteiger partial charge in [-0.25, -0.2) is 0 Å². The van der Waals surface area contributed by atoms with Gasteiger partial charge in [0, 0.05) is 31.9 Å². The van der Waals surface area contributed by atoms with Crippen molar-refractivity contribution in [3.8, 4) is 5.75 Å². The van der Waals surface area contributed by atoms with E-state index in [-0.39, 0.29) is 11.1 Å². The predicted molar refractivity (Wildman–Crippen MR) is 145 cm³/mol. The van der Waals surface area contributed by atoms with Crippen molar-refractivity contribution in [1.29, 1.82) is 0 Å². The number of ether oxygens (including phenoxy) is 1. The molecule has 7 heteroatoms. The minimum atomic E-state index is -0.226. The van der Waals surface area contributed by atoms with Crippen molar-refractivity contribution in [3.63, 3.8) is 0 Å². The lowest BCUT2D eigenvalue weighted by Crippen LogP contribution is -2.51. The number of anilines is 1. The Balaban J connectivity index is 1.15. The van der Waals surface area contributed by atoms with Gasteiger partial charge in [-0.05, 0) is 59.7 Å². The van der Waals surface area contributed by atoms with E-state index in [1.54, 1.807) is 6.08 Å². The van der Waals surface area contributed by atoms with Gasteiger partial charge >= 0.3 is 0 Å². The van der Waals surface area contributed by atoms with E-state index in [0.29, 0.717) is 18.2 Å². The summed E-state index contributed by atoms with van der Waals surface area (Å²) < 4.78 is 5.83. The summed E-state index contributed by atoms with van der Waals surface area (Å²) in [7, 11) is 0. The number of hydrogen-bond acceptors (Lipinski definition) is 6. The van der Waals surface area contributed by atoms with Gasteiger partial charge in [0.15, 0.2) is 0 Å². The van der Waals surface area contributed by atoms with Crippen molar-refractivity contribution in [3.05, 3.63) is 100 Å². The van der Waals surface area contributed by atoms with E-state index in [4.69, 9.17) is 4.74 Å². The first kappa shape index (κ1) is 24.2. The van der Waals surface area contributed by atoms with Crippen LogP contribution in [-0.2, 0) is 11.4 Å². The van der Waals surface area contributed by atoms with Crippen molar-refractivity contribution in [2.24, 2.45) is 0 Å². The number of aryl methyl sites for hydroxylation is 1. The Kier molecular flexibility index (Phi) is 7.39. The largest absolute Gasteiger partial charge is 0.489 e. The van der Waals surface area contributed by atoms with Crippen LogP contribution in [-0.4, -0.2) is 53.8 Å². The second kappa shape index (κ2) is 11.0. The molecule has 0 aliphatic carbocycles. The number of rotatable bonds is 7. The van der Waals surface area contributed by atoms with Crippen LogP contribution in [0.3, 0.4) is 0 Å². The number of amides is 2. The second-order valence-corrected chi connectivity index (χ2v) is 9.98. The summed E-state index contributed by atoms with van der Waals surface area (Å²) in [5.41, 5.74) is 4.48. The summed E-state index contributed by atoms with van der Waals surface area (Å²) >= 11 is 1.01. The topological polar surface area (TPSA) is 53.1 Å². The molecule has 0 radical (unpaired) electrons. The fourth-order valence-corrected chi connectivity index (χ4v) is 5.25. The van der Waals surface area contributed by atoms with Gasteiger partial charge in [0.05, 0.1) is 11.6 Å². The van der Waals surface area contributed by atoms with E-state index in [9.17, 15) is 9.59 Å². The van der Waals surface area contributed by atoms with E-state index < -0.39 is 0 Å². The van der Waals surface area contributed by atoms with E-state index in [1.807, 2.05) is 54.6 Å². The molecule has 36 heavy (non-hydrogen) atoms. The standard InChI is InChI=1S/C29H29N3O3S/c1-22-7-5-6-10-26(22)31-17-15-30(16-18-31)21-32-28(33)27(36-29(32)34)19-23-11-13-25(14-12-23)35-20-24-8-3-2-4-9-24/h2-14,19H,15-18,20-21H2,1H3/b27-19+. The fraction of sp³-hybridized carbons (Fsp3) is 0.241. The van der Waals surface area contributed by atoms with E-state index >= 15 is 0 Å². The summed E-state index contributed by atoms with van der Waals surface area (Å²) in [4.78, 5) is 32.0. The Labute approximate surface area is 216 Å². The van der Waals surface area contributed by atoms with Crippen LogP contribution in [0.15, 0.2) is 83.8 Å². The maximum absolute atomic E-state index is 13.0. The molecular weight excluding hydrogens is 470 g/mol. The van der Waals surface area contributed by atoms with Gasteiger partial charge < -0.3 is 9.64 Å². The molecule has 0 bridgehead atoms. The maximum Gasteiger partial charge on any atom is 0.294 e. The third-order valence-corrected chi connectivity index (χ3v) is 7.38. The molecule has 2 aliphatic heterocycles. The highest BCUT2D eigenvalue weighted by Crippen LogP contribution is 2.33. The molecule has 6 nitrogen and oxygen atoms in total. The van der Waals surface area contributed by atoms with Gasteiger partial charge in [-0.3, -0.25) is 19.4 Å². The number of imide groups is 1. The molecule has 2 fully saturated rings. The molecule has 0 spiro atoms. The van der Waals surface area contributed by atoms with Gasteiger partial charge in [0.25, 0.3) is 11.1 Å². The Morgan fingerprint density at radius 3 is 2.28 bits per heavy atom. The molecule has 0 saturated carbocycles. The number of piperazine rings is 1. The molecule has 2 heterocycles. The minimum Gasteiger partial charge on any atom is -0.489 e. The Hall–Kier alpha value is -3.55. The molecule has 3 aromatic rings. The number of carbonyl (C=O) groups is 2. The summed E-state index contributed by atoms with van der Waals surface area (Å²) in [6, 6.07) is 26.0. The number of thioether (sulfide) groups is 1. The first-order valence-corrected chi connectivity index (χ1v) is 12.9. The van der Waals surface area contributed by atoms with Gasteiger partial charge in [-0.15, -0.1) is 0 Å². The SMILES string of the molecule is Cc1ccccc1N1CCN(CN2C(=O)S/C(=C/c3ccc(OCc4ccccc4)cc3)C2=O)CC1. The molecule has 2 aliphatic rings. The normalized spacial score (nSPS) is 17.8.